The number of aromatic nitrogens is 1. The van der Waals surface area contributed by atoms with E-state index in [1.807, 2.05) is 26.2 Å². The molecule has 1 N–H and O–H groups in total. The molecule has 0 aliphatic heterocycles. The lowest BCUT2D eigenvalue weighted by Crippen LogP contribution is -3.06. The maximum atomic E-state index is 13.1. The normalized spacial score (nSPS) is 11.1. The van der Waals surface area contributed by atoms with Crippen LogP contribution in [-0.2, 0) is 0 Å². The summed E-state index contributed by atoms with van der Waals surface area (Å²) in [6.45, 7) is 1.21. The molecular weight excluding hydrogens is 388 g/mol. The Morgan fingerprint density at radius 1 is 1.26 bits per heavy atom. The average molecular weight is 406 g/mol. The minimum Gasteiger partial charge on any atom is -0.338 e. The number of carbonyl (C=O) groups excluding carboxylic acids is 1. The Morgan fingerprint density at radius 2 is 1.96 bits per heavy atom. The quantitative estimate of drug-likeness (QED) is 0.505. The Morgan fingerprint density at radius 3 is 2.59 bits per heavy atom. The summed E-state index contributed by atoms with van der Waals surface area (Å²) in [6.07, 6.45) is 0. The van der Waals surface area contributed by atoms with Gasteiger partial charge in [0.25, 0.3) is 11.6 Å². The number of amides is 1. The van der Waals surface area contributed by atoms with Crippen molar-refractivity contribution in [2.24, 2.45) is 0 Å². The predicted molar refractivity (Wildman–Crippen MR) is 107 cm³/mol. The lowest BCUT2D eigenvalue weighted by atomic mass is 10.2. The van der Waals surface area contributed by atoms with Gasteiger partial charge < -0.3 is 4.90 Å². The number of hydrogen-bond donors (Lipinski definition) is 1. The van der Waals surface area contributed by atoms with Gasteiger partial charge in [-0.3, -0.25) is 19.8 Å². The number of carbonyl (C=O) groups is 1. The summed E-state index contributed by atoms with van der Waals surface area (Å²) in [5, 5.41) is 12.0. The zero-order chi connectivity index (χ0) is 19.6. The van der Waals surface area contributed by atoms with E-state index in [2.05, 4.69) is 4.98 Å². The van der Waals surface area contributed by atoms with E-state index >= 15 is 0 Å². The first-order chi connectivity index (χ1) is 12.8. The molecule has 1 amide bonds. The van der Waals surface area contributed by atoms with E-state index in [0.717, 1.165) is 16.8 Å². The van der Waals surface area contributed by atoms with Crippen molar-refractivity contribution >= 4 is 49.9 Å². The largest absolute Gasteiger partial charge is 0.338 e. The number of likely N-dealkylation sites (N-methyl/N-ethyl adjacent to an activating group) is 1. The van der Waals surface area contributed by atoms with Crippen LogP contribution < -0.4 is 9.80 Å². The van der Waals surface area contributed by atoms with Gasteiger partial charge in [0.2, 0.25) is 0 Å². The van der Waals surface area contributed by atoms with Crippen LogP contribution in [0.3, 0.4) is 0 Å². The van der Waals surface area contributed by atoms with Gasteiger partial charge in [-0.15, -0.1) is 0 Å². The number of rotatable bonds is 6. The fraction of sp³-hybridized carbons (Fsp3) is 0.222. The second-order valence-electron chi connectivity index (χ2n) is 6.33. The Bertz CT molecular complexity index is 988. The van der Waals surface area contributed by atoms with Gasteiger partial charge in [0, 0.05) is 22.7 Å². The Labute approximate surface area is 164 Å². The number of nitrogens with zero attached hydrogens (tertiary/aromatic N) is 3. The minimum absolute atomic E-state index is 0.0505. The number of hydrogen-bond acceptors (Lipinski definition) is 5. The van der Waals surface area contributed by atoms with Crippen LogP contribution in [0.5, 0.6) is 0 Å². The molecule has 9 heteroatoms. The van der Waals surface area contributed by atoms with Crippen LogP contribution >= 0.6 is 22.9 Å². The Balaban J connectivity index is 1.95. The van der Waals surface area contributed by atoms with Crippen LogP contribution in [0.2, 0.25) is 5.02 Å². The summed E-state index contributed by atoms with van der Waals surface area (Å²) in [6, 6.07) is 11.0. The molecule has 2 aromatic carbocycles. The SMILES string of the molecule is C[NH+](C)CCN(C(=O)c1ccc([N+](=O)[O-])cc1)c1nc2ccc(Cl)cc2s1. The summed E-state index contributed by atoms with van der Waals surface area (Å²) in [7, 11) is 4.01. The predicted octanol–water partition coefficient (Wildman–Crippen LogP) is 2.65. The number of fused-ring (bicyclic) bond motifs is 1. The van der Waals surface area contributed by atoms with Crippen LogP contribution in [0.4, 0.5) is 10.8 Å². The molecule has 0 saturated carbocycles. The smallest absolute Gasteiger partial charge is 0.269 e. The van der Waals surface area contributed by atoms with Crippen molar-refractivity contribution in [3.05, 3.63) is 63.2 Å². The number of nitrogens with one attached hydrogen (secondary N) is 1. The third kappa shape index (κ3) is 4.41. The maximum Gasteiger partial charge on any atom is 0.269 e. The molecule has 27 heavy (non-hydrogen) atoms. The molecule has 0 atom stereocenters. The summed E-state index contributed by atoms with van der Waals surface area (Å²) in [4.78, 5) is 30.8. The van der Waals surface area contributed by atoms with Crippen molar-refractivity contribution in [2.45, 2.75) is 0 Å². The van der Waals surface area contributed by atoms with Gasteiger partial charge in [0.15, 0.2) is 5.13 Å². The minimum atomic E-state index is -0.487. The molecule has 0 aliphatic rings. The van der Waals surface area contributed by atoms with Crippen molar-refractivity contribution in [2.75, 3.05) is 32.1 Å². The van der Waals surface area contributed by atoms with Gasteiger partial charge in [-0.1, -0.05) is 22.9 Å². The molecule has 0 unspecified atom stereocenters. The van der Waals surface area contributed by atoms with E-state index in [9.17, 15) is 14.9 Å². The van der Waals surface area contributed by atoms with Crippen LogP contribution in [0.1, 0.15) is 10.4 Å². The molecule has 0 radical (unpaired) electrons. The zero-order valence-electron chi connectivity index (χ0n) is 14.8. The number of benzene rings is 2. The number of thiazole rings is 1. The first kappa shape index (κ1) is 19.2. The summed E-state index contributed by atoms with van der Waals surface area (Å²) >= 11 is 7.44. The number of halogens is 1. The second-order valence-corrected chi connectivity index (χ2v) is 7.77. The van der Waals surface area contributed by atoms with Gasteiger partial charge >= 0.3 is 0 Å². The number of quaternary nitrogens is 1. The Kier molecular flexibility index (Phi) is 5.69. The highest BCUT2D eigenvalue weighted by Gasteiger charge is 2.23. The van der Waals surface area contributed by atoms with Gasteiger partial charge in [0.1, 0.15) is 0 Å². The van der Waals surface area contributed by atoms with Gasteiger partial charge in [-0.05, 0) is 30.3 Å². The third-order valence-electron chi connectivity index (χ3n) is 3.98. The second kappa shape index (κ2) is 7.99. The zero-order valence-corrected chi connectivity index (χ0v) is 16.4. The highest BCUT2D eigenvalue weighted by Crippen LogP contribution is 2.31. The van der Waals surface area contributed by atoms with E-state index < -0.39 is 4.92 Å². The van der Waals surface area contributed by atoms with E-state index in [-0.39, 0.29) is 11.6 Å². The number of nitro benzene ring substituents is 1. The van der Waals surface area contributed by atoms with Gasteiger partial charge in [-0.2, -0.15) is 0 Å². The highest BCUT2D eigenvalue weighted by molar-refractivity contribution is 7.22. The van der Waals surface area contributed by atoms with Crippen molar-refractivity contribution < 1.29 is 14.6 Å². The average Bonchev–Trinajstić information content (AvgIpc) is 3.04. The molecule has 3 aromatic rings. The van der Waals surface area contributed by atoms with Crippen LogP contribution in [0.25, 0.3) is 10.2 Å². The summed E-state index contributed by atoms with van der Waals surface area (Å²) in [5.74, 6) is -0.240. The number of nitro groups is 1. The fourth-order valence-electron chi connectivity index (χ4n) is 2.50. The van der Waals surface area contributed by atoms with Gasteiger partial charge in [0.05, 0.1) is 42.3 Å². The summed E-state index contributed by atoms with van der Waals surface area (Å²) < 4.78 is 0.899. The molecule has 0 aliphatic carbocycles. The molecule has 140 valence electrons. The molecule has 1 aromatic heterocycles. The Hall–Kier alpha value is -2.55. The molecule has 0 saturated heterocycles. The topological polar surface area (TPSA) is 80.8 Å². The molecule has 0 bridgehead atoms. The van der Waals surface area contributed by atoms with E-state index in [0.29, 0.717) is 22.3 Å². The van der Waals surface area contributed by atoms with Crippen LogP contribution in [-0.4, -0.2) is 43.0 Å². The standard InChI is InChI=1S/C18H17ClN4O3S/c1-21(2)9-10-22(17(24)12-3-6-14(7-4-12)23(25)26)18-20-15-8-5-13(19)11-16(15)27-18/h3-8,11H,9-10H2,1-2H3/p+1. The van der Waals surface area contributed by atoms with Crippen molar-refractivity contribution in [1.82, 2.24) is 4.98 Å². The van der Waals surface area contributed by atoms with Crippen molar-refractivity contribution in [1.29, 1.82) is 0 Å². The lowest BCUT2D eigenvalue weighted by Gasteiger charge is -2.20. The first-order valence-corrected chi connectivity index (χ1v) is 9.46. The van der Waals surface area contributed by atoms with E-state index in [4.69, 9.17) is 11.6 Å². The van der Waals surface area contributed by atoms with E-state index in [1.165, 1.54) is 40.5 Å². The molecule has 0 spiro atoms. The summed E-state index contributed by atoms with van der Waals surface area (Å²) in [5.41, 5.74) is 1.11. The number of non-ortho nitro benzene ring substituents is 1. The molecule has 3 rings (SSSR count). The third-order valence-corrected chi connectivity index (χ3v) is 5.25. The lowest BCUT2D eigenvalue weighted by molar-refractivity contribution is -0.856. The van der Waals surface area contributed by atoms with Crippen LogP contribution in [0, 0.1) is 10.1 Å². The van der Waals surface area contributed by atoms with Crippen LogP contribution in [0.15, 0.2) is 42.5 Å². The fourth-order valence-corrected chi connectivity index (χ4v) is 3.77. The first-order valence-electron chi connectivity index (χ1n) is 8.26. The van der Waals surface area contributed by atoms with Crippen molar-refractivity contribution in [3.8, 4) is 0 Å². The molecular formula is C18H18ClN4O3S+. The monoisotopic (exact) mass is 405 g/mol. The number of anilines is 1. The van der Waals surface area contributed by atoms with Crippen molar-refractivity contribution in [3.63, 3.8) is 0 Å². The maximum absolute atomic E-state index is 13.1. The molecule has 0 fully saturated rings. The highest BCUT2D eigenvalue weighted by atomic mass is 35.5. The van der Waals surface area contributed by atoms with Gasteiger partial charge in [-0.25, -0.2) is 4.98 Å². The van der Waals surface area contributed by atoms with E-state index in [1.54, 1.807) is 11.0 Å². The molecule has 1 heterocycles. The molecule has 7 nitrogen and oxygen atoms in total.